The van der Waals surface area contributed by atoms with Gasteiger partial charge in [0.2, 0.25) is 0 Å². The van der Waals surface area contributed by atoms with E-state index in [0.29, 0.717) is 11.7 Å². The van der Waals surface area contributed by atoms with Gasteiger partial charge in [-0.3, -0.25) is 0 Å². The van der Waals surface area contributed by atoms with E-state index in [0.717, 1.165) is 11.7 Å². The molecule has 1 aromatic rings. The highest BCUT2D eigenvalue weighted by Gasteiger charge is 2.36. The van der Waals surface area contributed by atoms with Crippen LogP contribution in [-0.2, 0) is 0 Å². The van der Waals surface area contributed by atoms with Gasteiger partial charge in [-0.05, 0) is 18.8 Å². The van der Waals surface area contributed by atoms with Crippen molar-refractivity contribution in [3.05, 3.63) is 18.1 Å². The largest absolute Gasteiger partial charge is 0.366 e. The highest BCUT2D eigenvalue weighted by Crippen LogP contribution is 2.36. The molecule has 2 rings (SSSR count). The van der Waals surface area contributed by atoms with E-state index in [2.05, 4.69) is 22.2 Å². The predicted molar refractivity (Wildman–Crippen MR) is 57.2 cm³/mol. The van der Waals surface area contributed by atoms with Gasteiger partial charge in [0.15, 0.2) is 5.69 Å². The summed E-state index contributed by atoms with van der Waals surface area (Å²) in [6.45, 7) is 2.21. The molecule has 1 fully saturated rings. The lowest BCUT2D eigenvalue weighted by Gasteiger charge is -2.03. The minimum Gasteiger partial charge on any atom is -0.366 e. The first-order valence-corrected chi connectivity index (χ1v) is 5.32. The Morgan fingerprint density at radius 3 is 3.00 bits per heavy atom. The average molecular weight is 202 g/mol. The fraction of sp³-hybridized carbons (Fsp3) is 0.545. The molecule has 78 valence electrons. The fourth-order valence-electron chi connectivity index (χ4n) is 1.76. The number of nitrogens with zero attached hydrogens (tertiary/aromatic N) is 3. The van der Waals surface area contributed by atoms with Gasteiger partial charge < -0.3 is 5.32 Å². The molecule has 1 aromatic heterocycles. The number of hydrogen-bond acceptors (Lipinski definition) is 4. The molecule has 2 atom stereocenters. The van der Waals surface area contributed by atoms with Crippen molar-refractivity contribution in [2.75, 3.05) is 5.32 Å². The zero-order valence-corrected chi connectivity index (χ0v) is 8.77. The average Bonchev–Trinajstić information content (AvgIpc) is 2.98. The van der Waals surface area contributed by atoms with Crippen molar-refractivity contribution in [1.82, 2.24) is 9.97 Å². The number of nitriles is 1. The van der Waals surface area contributed by atoms with Gasteiger partial charge in [0.05, 0.1) is 12.4 Å². The monoisotopic (exact) mass is 202 g/mol. The van der Waals surface area contributed by atoms with Crippen LogP contribution in [-0.4, -0.2) is 16.0 Å². The molecule has 0 spiro atoms. The Morgan fingerprint density at radius 2 is 2.40 bits per heavy atom. The number of rotatable bonds is 4. The highest BCUT2D eigenvalue weighted by molar-refractivity contribution is 5.36. The minimum absolute atomic E-state index is 0.362. The fourth-order valence-corrected chi connectivity index (χ4v) is 1.76. The standard InChI is InChI=1S/C11H14N4/c1-2-3-8-4-10(8)15-11-7-13-9(5-12)6-14-11/h6-8,10H,2-4H2,1H3,(H,14,15). The third-order valence-electron chi connectivity index (χ3n) is 2.68. The Balaban J connectivity index is 1.88. The van der Waals surface area contributed by atoms with E-state index in [1.54, 1.807) is 6.20 Å². The highest BCUT2D eigenvalue weighted by atomic mass is 15.1. The van der Waals surface area contributed by atoms with E-state index in [1.165, 1.54) is 25.5 Å². The Morgan fingerprint density at radius 1 is 1.53 bits per heavy atom. The molecule has 0 aromatic carbocycles. The Bertz CT molecular complexity index is 365. The third kappa shape index (κ3) is 2.44. The lowest BCUT2D eigenvalue weighted by atomic mass is 10.2. The lowest BCUT2D eigenvalue weighted by molar-refractivity contribution is 0.692. The molecule has 1 aliphatic carbocycles. The van der Waals surface area contributed by atoms with Gasteiger partial charge in [-0.25, -0.2) is 9.97 Å². The summed E-state index contributed by atoms with van der Waals surface area (Å²) < 4.78 is 0. The molecule has 1 aliphatic rings. The molecule has 15 heavy (non-hydrogen) atoms. The third-order valence-corrected chi connectivity index (χ3v) is 2.68. The second-order valence-electron chi connectivity index (χ2n) is 3.93. The minimum atomic E-state index is 0.362. The second kappa shape index (κ2) is 4.26. The topological polar surface area (TPSA) is 61.6 Å². The predicted octanol–water partition coefficient (Wildman–Crippen LogP) is 1.95. The van der Waals surface area contributed by atoms with E-state index in [4.69, 9.17) is 5.26 Å². The number of aromatic nitrogens is 2. The van der Waals surface area contributed by atoms with Gasteiger partial charge >= 0.3 is 0 Å². The molecular weight excluding hydrogens is 188 g/mol. The summed E-state index contributed by atoms with van der Waals surface area (Å²) in [7, 11) is 0. The maximum absolute atomic E-state index is 8.56. The molecular formula is C11H14N4. The summed E-state index contributed by atoms with van der Waals surface area (Å²) in [6, 6.07) is 2.51. The molecule has 0 aliphatic heterocycles. The summed E-state index contributed by atoms with van der Waals surface area (Å²) in [5.74, 6) is 1.57. The molecule has 0 amide bonds. The molecule has 0 saturated heterocycles. The number of nitrogens with one attached hydrogen (secondary N) is 1. The van der Waals surface area contributed by atoms with E-state index >= 15 is 0 Å². The maximum atomic E-state index is 8.56. The Hall–Kier alpha value is -1.63. The van der Waals surface area contributed by atoms with Crippen molar-refractivity contribution in [3.8, 4) is 6.07 Å². The summed E-state index contributed by atoms with van der Waals surface area (Å²) in [4.78, 5) is 8.09. The molecule has 4 nitrogen and oxygen atoms in total. The molecule has 2 unspecified atom stereocenters. The van der Waals surface area contributed by atoms with Gasteiger partial charge in [-0.15, -0.1) is 0 Å². The molecule has 4 heteroatoms. The van der Waals surface area contributed by atoms with Crippen molar-refractivity contribution in [1.29, 1.82) is 5.26 Å². The van der Waals surface area contributed by atoms with Crippen LogP contribution >= 0.6 is 0 Å². The zero-order valence-electron chi connectivity index (χ0n) is 8.77. The SMILES string of the molecule is CCCC1CC1Nc1cnc(C#N)cn1. The first-order valence-electron chi connectivity index (χ1n) is 5.32. The number of hydrogen-bond donors (Lipinski definition) is 1. The second-order valence-corrected chi connectivity index (χ2v) is 3.93. The Labute approximate surface area is 89.4 Å². The smallest absolute Gasteiger partial charge is 0.158 e. The molecule has 0 bridgehead atoms. The summed E-state index contributed by atoms with van der Waals surface area (Å²) in [5, 5.41) is 11.9. The van der Waals surface area contributed by atoms with E-state index in [-0.39, 0.29) is 0 Å². The Kier molecular flexibility index (Phi) is 2.82. The quantitative estimate of drug-likeness (QED) is 0.810. The normalized spacial score (nSPS) is 23.2. The van der Waals surface area contributed by atoms with Crippen LogP contribution in [0.25, 0.3) is 0 Å². The molecule has 0 radical (unpaired) electrons. The number of anilines is 1. The maximum Gasteiger partial charge on any atom is 0.158 e. The van der Waals surface area contributed by atoms with Crippen molar-refractivity contribution in [3.63, 3.8) is 0 Å². The van der Waals surface area contributed by atoms with Gasteiger partial charge in [-0.1, -0.05) is 13.3 Å². The summed E-state index contributed by atoms with van der Waals surface area (Å²) >= 11 is 0. The van der Waals surface area contributed by atoms with Crippen LogP contribution in [0.3, 0.4) is 0 Å². The van der Waals surface area contributed by atoms with E-state index in [1.807, 2.05) is 6.07 Å². The zero-order chi connectivity index (χ0) is 10.7. The van der Waals surface area contributed by atoms with Gasteiger partial charge in [0, 0.05) is 6.04 Å². The first-order chi connectivity index (χ1) is 7.33. The van der Waals surface area contributed by atoms with Crippen LogP contribution in [0.15, 0.2) is 12.4 Å². The van der Waals surface area contributed by atoms with Crippen LogP contribution in [0.2, 0.25) is 0 Å². The molecule has 1 heterocycles. The van der Waals surface area contributed by atoms with Crippen LogP contribution in [0.1, 0.15) is 31.9 Å². The van der Waals surface area contributed by atoms with E-state index < -0.39 is 0 Å². The van der Waals surface area contributed by atoms with Crippen molar-refractivity contribution >= 4 is 5.82 Å². The summed E-state index contributed by atoms with van der Waals surface area (Å²) in [5.41, 5.74) is 0.362. The van der Waals surface area contributed by atoms with Gasteiger partial charge in [0.1, 0.15) is 11.9 Å². The first kappa shape index (κ1) is 9.91. The van der Waals surface area contributed by atoms with Crippen LogP contribution < -0.4 is 5.32 Å². The van der Waals surface area contributed by atoms with Gasteiger partial charge in [-0.2, -0.15) is 5.26 Å². The summed E-state index contributed by atoms with van der Waals surface area (Å²) in [6.07, 6.45) is 6.87. The van der Waals surface area contributed by atoms with Crippen molar-refractivity contribution in [2.45, 2.75) is 32.2 Å². The van der Waals surface area contributed by atoms with E-state index in [9.17, 15) is 0 Å². The van der Waals surface area contributed by atoms with Crippen molar-refractivity contribution in [2.24, 2.45) is 5.92 Å². The van der Waals surface area contributed by atoms with Crippen molar-refractivity contribution < 1.29 is 0 Å². The van der Waals surface area contributed by atoms with Crippen LogP contribution in [0, 0.1) is 17.2 Å². The molecule has 1 saturated carbocycles. The van der Waals surface area contributed by atoms with Crippen LogP contribution in [0.4, 0.5) is 5.82 Å². The lowest BCUT2D eigenvalue weighted by Crippen LogP contribution is -2.06. The molecule has 1 N–H and O–H groups in total. The van der Waals surface area contributed by atoms with Gasteiger partial charge in [0.25, 0.3) is 0 Å². The van der Waals surface area contributed by atoms with Crippen LogP contribution in [0.5, 0.6) is 0 Å².